The number of carbonyl (C=O) groups excluding carboxylic acids is 1. The summed E-state index contributed by atoms with van der Waals surface area (Å²) < 4.78 is 19.1. The number of benzene rings is 3. The summed E-state index contributed by atoms with van der Waals surface area (Å²) in [5.74, 6) is -0.138. The third-order valence-corrected chi connectivity index (χ3v) is 8.26. The van der Waals surface area contributed by atoms with Gasteiger partial charge in [0.1, 0.15) is 11.6 Å². The minimum Gasteiger partial charge on any atom is -0.459 e. The monoisotopic (exact) mass is 572 g/mol. The lowest BCUT2D eigenvalue weighted by Crippen LogP contribution is -2.48. The molecule has 5 atom stereocenters. The first kappa shape index (κ1) is 30.4. The first-order valence-electron chi connectivity index (χ1n) is 15.0. The van der Waals surface area contributed by atoms with Crippen LogP contribution in [0.1, 0.15) is 75.2 Å². The van der Waals surface area contributed by atoms with E-state index in [0.29, 0.717) is 13.1 Å². The SMILES string of the molecule is CC1C(CN2CCCC2C(=O)OC(C)(C)C)OC(c2ccc(-c3cccc(CN)c3)cc2)OC1c1ccc(CO)cc1. The molecular weight excluding hydrogens is 528 g/mol. The molecule has 224 valence electrons. The molecule has 2 aliphatic heterocycles. The van der Waals surface area contributed by atoms with E-state index in [0.717, 1.165) is 52.8 Å². The van der Waals surface area contributed by atoms with Crippen LogP contribution in [-0.4, -0.2) is 46.8 Å². The molecule has 2 saturated heterocycles. The molecule has 2 aliphatic rings. The third-order valence-electron chi connectivity index (χ3n) is 8.26. The van der Waals surface area contributed by atoms with Crippen molar-refractivity contribution in [1.82, 2.24) is 4.90 Å². The van der Waals surface area contributed by atoms with Crippen LogP contribution in [0.15, 0.2) is 72.8 Å². The van der Waals surface area contributed by atoms with Gasteiger partial charge < -0.3 is 25.1 Å². The zero-order valence-electron chi connectivity index (χ0n) is 25.2. The highest BCUT2D eigenvalue weighted by atomic mass is 16.7. The number of carbonyl (C=O) groups is 1. The van der Waals surface area contributed by atoms with E-state index < -0.39 is 11.9 Å². The molecule has 5 rings (SSSR count). The zero-order chi connectivity index (χ0) is 29.9. The van der Waals surface area contributed by atoms with Gasteiger partial charge in [-0.1, -0.05) is 73.7 Å². The van der Waals surface area contributed by atoms with Crippen molar-refractivity contribution < 1.29 is 24.1 Å². The third kappa shape index (κ3) is 7.10. The average Bonchev–Trinajstić information content (AvgIpc) is 3.46. The number of aliphatic hydroxyl groups excluding tert-OH is 1. The summed E-state index contributed by atoms with van der Waals surface area (Å²) in [5.41, 5.74) is 11.5. The molecule has 0 spiro atoms. The fourth-order valence-corrected chi connectivity index (χ4v) is 5.95. The van der Waals surface area contributed by atoms with Crippen LogP contribution in [0.2, 0.25) is 0 Å². The van der Waals surface area contributed by atoms with Crippen molar-refractivity contribution in [3.05, 3.63) is 95.1 Å². The highest BCUT2D eigenvalue weighted by Gasteiger charge is 2.42. The van der Waals surface area contributed by atoms with Gasteiger partial charge in [-0.3, -0.25) is 9.69 Å². The molecule has 3 aromatic carbocycles. The second-order valence-electron chi connectivity index (χ2n) is 12.5. The number of esters is 1. The summed E-state index contributed by atoms with van der Waals surface area (Å²) in [4.78, 5) is 15.3. The number of aliphatic hydroxyl groups is 1. The average molecular weight is 573 g/mol. The number of rotatable bonds is 8. The Kier molecular flexibility index (Phi) is 9.45. The largest absolute Gasteiger partial charge is 0.459 e. The second kappa shape index (κ2) is 13.1. The molecule has 0 bridgehead atoms. The molecule has 7 heteroatoms. The highest BCUT2D eigenvalue weighted by molar-refractivity contribution is 5.76. The van der Waals surface area contributed by atoms with Crippen molar-refractivity contribution in [3.8, 4) is 11.1 Å². The Balaban J connectivity index is 1.40. The lowest BCUT2D eigenvalue weighted by molar-refractivity contribution is -0.276. The Morgan fingerprint density at radius 3 is 2.36 bits per heavy atom. The number of ether oxygens (including phenoxy) is 3. The maximum absolute atomic E-state index is 13.1. The van der Waals surface area contributed by atoms with Crippen LogP contribution in [-0.2, 0) is 32.2 Å². The lowest BCUT2D eigenvalue weighted by atomic mass is 9.89. The van der Waals surface area contributed by atoms with E-state index in [-0.39, 0.29) is 36.7 Å². The predicted molar refractivity (Wildman–Crippen MR) is 163 cm³/mol. The molecule has 3 aromatic rings. The van der Waals surface area contributed by atoms with Gasteiger partial charge >= 0.3 is 5.97 Å². The van der Waals surface area contributed by atoms with Crippen LogP contribution in [0.5, 0.6) is 0 Å². The molecule has 2 fully saturated rings. The van der Waals surface area contributed by atoms with E-state index in [4.69, 9.17) is 19.9 Å². The summed E-state index contributed by atoms with van der Waals surface area (Å²) >= 11 is 0. The molecule has 0 aliphatic carbocycles. The number of nitrogens with zero attached hydrogens (tertiary/aromatic N) is 1. The van der Waals surface area contributed by atoms with Crippen LogP contribution in [0.25, 0.3) is 11.1 Å². The minimum atomic E-state index is -0.569. The molecule has 7 nitrogen and oxygen atoms in total. The molecule has 0 saturated carbocycles. The van der Waals surface area contributed by atoms with Gasteiger partial charge in [-0.2, -0.15) is 0 Å². The first-order valence-corrected chi connectivity index (χ1v) is 15.0. The normalized spacial score (nSPS) is 25.0. The van der Waals surface area contributed by atoms with E-state index >= 15 is 0 Å². The molecule has 0 aromatic heterocycles. The molecule has 0 amide bonds. The van der Waals surface area contributed by atoms with Gasteiger partial charge in [0, 0.05) is 24.6 Å². The van der Waals surface area contributed by atoms with E-state index in [9.17, 15) is 9.90 Å². The highest BCUT2D eigenvalue weighted by Crippen LogP contribution is 2.42. The van der Waals surface area contributed by atoms with Gasteiger partial charge in [0.15, 0.2) is 6.29 Å². The zero-order valence-corrected chi connectivity index (χ0v) is 25.2. The Morgan fingerprint density at radius 2 is 1.69 bits per heavy atom. The molecule has 0 radical (unpaired) electrons. The Labute approximate surface area is 249 Å². The molecule has 3 N–H and O–H groups in total. The van der Waals surface area contributed by atoms with Crippen LogP contribution < -0.4 is 5.73 Å². The Morgan fingerprint density at radius 1 is 0.976 bits per heavy atom. The first-order chi connectivity index (χ1) is 20.1. The van der Waals surface area contributed by atoms with E-state index in [2.05, 4.69) is 48.2 Å². The van der Waals surface area contributed by atoms with Gasteiger partial charge in [0.25, 0.3) is 0 Å². The second-order valence-corrected chi connectivity index (χ2v) is 12.5. The fourth-order valence-electron chi connectivity index (χ4n) is 5.95. The number of hydrogen-bond donors (Lipinski definition) is 2. The molecule has 42 heavy (non-hydrogen) atoms. The molecular formula is C35H44N2O5. The summed E-state index contributed by atoms with van der Waals surface area (Å²) in [6.07, 6.45) is 0.777. The van der Waals surface area contributed by atoms with E-state index in [1.54, 1.807) is 0 Å². The fraction of sp³-hybridized carbons (Fsp3) is 0.457. The molecule has 5 unspecified atom stereocenters. The Bertz CT molecular complexity index is 1330. The van der Waals surface area contributed by atoms with Crippen LogP contribution in [0.4, 0.5) is 0 Å². The summed E-state index contributed by atoms with van der Waals surface area (Å²) in [5, 5.41) is 9.56. The maximum Gasteiger partial charge on any atom is 0.323 e. The topological polar surface area (TPSA) is 94.3 Å². The number of nitrogens with two attached hydrogens (primary N) is 1. The quantitative estimate of drug-likeness (QED) is 0.325. The minimum absolute atomic E-state index is 0.00271. The van der Waals surface area contributed by atoms with Crippen LogP contribution in [0, 0.1) is 5.92 Å². The van der Waals surface area contributed by atoms with Crippen molar-refractivity contribution in [2.45, 2.75) is 83.8 Å². The van der Waals surface area contributed by atoms with Gasteiger partial charge in [-0.25, -0.2) is 0 Å². The summed E-state index contributed by atoms with van der Waals surface area (Å²) in [6.45, 7) is 9.81. The van der Waals surface area contributed by atoms with Gasteiger partial charge in [0.2, 0.25) is 0 Å². The van der Waals surface area contributed by atoms with E-state index in [1.807, 2.05) is 57.2 Å². The summed E-state index contributed by atoms with van der Waals surface area (Å²) in [7, 11) is 0. The van der Waals surface area contributed by atoms with Crippen LogP contribution >= 0.6 is 0 Å². The van der Waals surface area contributed by atoms with Crippen molar-refractivity contribution in [2.75, 3.05) is 13.1 Å². The lowest BCUT2D eigenvalue weighted by Gasteiger charge is -2.43. The maximum atomic E-state index is 13.1. The van der Waals surface area contributed by atoms with Crippen molar-refractivity contribution in [2.24, 2.45) is 11.7 Å². The number of likely N-dealkylation sites (tertiary alicyclic amines) is 1. The van der Waals surface area contributed by atoms with Crippen molar-refractivity contribution >= 4 is 5.97 Å². The van der Waals surface area contributed by atoms with Crippen LogP contribution in [0.3, 0.4) is 0 Å². The smallest absolute Gasteiger partial charge is 0.323 e. The van der Waals surface area contributed by atoms with Gasteiger partial charge in [-0.15, -0.1) is 0 Å². The van der Waals surface area contributed by atoms with Gasteiger partial charge in [0.05, 0.1) is 18.8 Å². The summed E-state index contributed by atoms with van der Waals surface area (Å²) in [6, 6.07) is 24.2. The van der Waals surface area contributed by atoms with E-state index in [1.165, 1.54) is 0 Å². The predicted octanol–water partition coefficient (Wildman–Crippen LogP) is 5.90. The molecule has 2 heterocycles. The number of hydrogen-bond acceptors (Lipinski definition) is 7. The van der Waals surface area contributed by atoms with Crippen molar-refractivity contribution in [3.63, 3.8) is 0 Å². The Hall–Kier alpha value is -3.07. The standard InChI is InChI=1S/C35H44N2O5/c1-23-31(21-37-18-6-9-30(37)33(39)42-35(2,3)4)40-34(41-32(23)27-12-10-24(22-38)11-13-27)28-16-14-26(15-17-28)29-8-5-7-25(19-29)20-36/h5,7-8,10-17,19,23,30-32,34,38H,6,9,18,20-22,36H2,1-4H3. The van der Waals surface area contributed by atoms with Gasteiger partial charge in [-0.05, 0) is 74.0 Å². The van der Waals surface area contributed by atoms with Crippen molar-refractivity contribution in [1.29, 1.82) is 0 Å².